The van der Waals surface area contributed by atoms with Gasteiger partial charge in [0.05, 0.1) is 12.0 Å². The van der Waals surface area contributed by atoms with Gasteiger partial charge in [0, 0.05) is 24.4 Å². The predicted octanol–water partition coefficient (Wildman–Crippen LogP) is 1.35. The van der Waals surface area contributed by atoms with Crippen LogP contribution in [0.15, 0.2) is 24.3 Å². The molecule has 0 saturated carbocycles. The largest absolute Gasteiger partial charge is 0.467 e. The van der Waals surface area contributed by atoms with Crippen LogP contribution in [0.4, 0.5) is 11.4 Å². The highest BCUT2D eigenvalue weighted by molar-refractivity contribution is 5.82. The van der Waals surface area contributed by atoms with Crippen molar-refractivity contribution in [1.82, 2.24) is 0 Å². The van der Waals surface area contributed by atoms with E-state index in [1.54, 1.807) is 12.1 Å². The third-order valence-electron chi connectivity index (χ3n) is 2.89. The number of ether oxygens (including phenoxy) is 1. The van der Waals surface area contributed by atoms with Gasteiger partial charge in [0.2, 0.25) is 0 Å². The number of carbonyl (C=O) groups is 1. The molecule has 1 saturated heterocycles. The van der Waals surface area contributed by atoms with Crippen molar-refractivity contribution in [2.45, 2.75) is 12.5 Å². The normalized spacial score (nSPS) is 18.4. The Bertz CT molecular complexity index is 443. The van der Waals surface area contributed by atoms with E-state index in [-0.39, 0.29) is 17.7 Å². The molecule has 0 aromatic heterocycles. The number of benzene rings is 1. The highest BCUT2D eigenvalue weighted by Gasteiger charge is 2.35. The van der Waals surface area contributed by atoms with Gasteiger partial charge in [0.25, 0.3) is 5.69 Å². The Labute approximate surface area is 97.9 Å². The number of nitro groups is 1. The minimum Gasteiger partial charge on any atom is -0.467 e. The second-order valence-electron chi connectivity index (χ2n) is 3.79. The Kier molecular flexibility index (Phi) is 2.95. The Morgan fingerprint density at radius 3 is 2.53 bits per heavy atom. The number of hydrogen-bond acceptors (Lipinski definition) is 5. The number of nitrogens with zero attached hydrogens (tertiary/aromatic N) is 2. The van der Waals surface area contributed by atoms with E-state index >= 15 is 0 Å². The lowest BCUT2D eigenvalue weighted by molar-refractivity contribution is -0.384. The Balaban J connectivity index is 2.13. The van der Waals surface area contributed by atoms with Gasteiger partial charge in [-0.15, -0.1) is 0 Å². The maximum atomic E-state index is 11.4. The summed E-state index contributed by atoms with van der Waals surface area (Å²) in [4.78, 5) is 23.3. The fourth-order valence-corrected chi connectivity index (χ4v) is 1.84. The number of carbonyl (C=O) groups excluding carboxylic acids is 1. The van der Waals surface area contributed by atoms with Gasteiger partial charge < -0.3 is 9.64 Å². The number of methoxy groups -OCH3 is 1. The average Bonchev–Trinajstić information content (AvgIpc) is 2.28. The fourth-order valence-electron chi connectivity index (χ4n) is 1.84. The summed E-state index contributed by atoms with van der Waals surface area (Å²) < 4.78 is 4.68. The summed E-state index contributed by atoms with van der Waals surface area (Å²) in [5.41, 5.74) is 0.848. The SMILES string of the molecule is COC(=O)C1CCN1c1ccc([N+](=O)[O-])cc1. The molecule has 1 unspecified atom stereocenters. The third-order valence-corrected chi connectivity index (χ3v) is 2.89. The van der Waals surface area contributed by atoms with Gasteiger partial charge in [-0.2, -0.15) is 0 Å². The molecular formula is C11H12N2O4. The summed E-state index contributed by atoms with van der Waals surface area (Å²) in [7, 11) is 1.36. The first-order valence-corrected chi connectivity index (χ1v) is 5.22. The zero-order valence-corrected chi connectivity index (χ0v) is 9.33. The van der Waals surface area contributed by atoms with E-state index in [9.17, 15) is 14.9 Å². The summed E-state index contributed by atoms with van der Waals surface area (Å²) in [6.45, 7) is 0.761. The van der Waals surface area contributed by atoms with E-state index in [4.69, 9.17) is 0 Å². The van der Waals surface area contributed by atoms with E-state index in [0.717, 1.165) is 18.7 Å². The molecule has 0 aliphatic carbocycles. The van der Waals surface area contributed by atoms with Crippen LogP contribution < -0.4 is 4.90 Å². The van der Waals surface area contributed by atoms with Crippen molar-refractivity contribution in [3.63, 3.8) is 0 Å². The first-order valence-electron chi connectivity index (χ1n) is 5.22. The average molecular weight is 236 g/mol. The van der Waals surface area contributed by atoms with Crippen LogP contribution in [0.25, 0.3) is 0 Å². The van der Waals surface area contributed by atoms with Crippen molar-refractivity contribution < 1.29 is 14.5 Å². The quantitative estimate of drug-likeness (QED) is 0.450. The van der Waals surface area contributed by atoms with E-state index in [0.29, 0.717) is 0 Å². The van der Waals surface area contributed by atoms with Crippen molar-refractivity contribution >= 4 is 17.3 Å². The summed E-state index contributed by atoms with van der Waals surface area (Å²) >= 11 is 0. The number of anilines is 1. The van der Waals surface area contributed by atoms with E-state index < -0.39 is 4.92 Å². The monoisotopic (exact) mass is 236 g/mol. The van der Waals surface area contributed by atoms with Crippen molar-refractivity contribution in [2.24, 2.45) is 0 Å². The zero-order valence-electron chi connectivity index (χ0n) is 9.33. The molecule has 0 amide bonds. The first kappa shape index (κ1) is 11.4. The molecule has 0 spiro atoms. The van der Waals surface area contributed by atoms with E-state index in [2.05, 4.69) is 4.74 Å². The highest BCUT2D eigenvalue weighted by Crippen LogP contribution is 2.28. The molecule has 1 aromatic carbocycles. The lowest BCUT2D eigenvalue weighted by atomic mass is 10.0. The van der Waals surface area contributed by atoms with Gasteiger partial charge >= 0.3 is 5.97 Å². The second kappa shape index (κ2) is 4.40. The van der Waals surface area contributed by atoms with Crippen LogP contribution in [0.5, 0.6) is 0 Å². The van der Waals surface area contributed by atoms with Gasteiger partial charge in [-0.05, 0) is 18.6 Å². The van der Waals surface area contributed by atoms with Crippen LogP contribution in [0, 0.1) is 10.1 Å². The van der Waals surface area contributed by atoms with Crippen LogP contribution in [0.1, 0.15) is 6.42 Å². The second-order valence-corrected chi connectivity index (χ2v) is 3.79. The lowest BCUT2D eigenvalue weighted by Gasteiger charge is -2.40. The Morgan fingerprint density at radius 1 is 1.47 bits per heavy atom. The minimum absolute atomic E-state index is 0.0453. The van der Waals surface area contributed by atoms with Gasteiger partial charge in [-0.3, -0.25) is 10.1 Å². The van der Waals surface area contributed by atoms with Crippen LogP contribution in [0.3, 0.4) is 0 Å². The summed E-state index contributed by atoms with van der Waals surface area (Å²) in [5.74, 6) is -0.269. The molecule has 1 heterocycles. The van der Waals surface area contributed by atoms with Gasteiger partial charge in [-0.1, -0.05) is 0 Å². The molecule has 2 rings (SSSR count). The van der Waals surface area contributed by atoms with Crippen LogP contribution in [-0.4, -0.2) is 30.6 Å². The summed E-state index contributed by atoms with van der Waals surface area (Å²) in [6.07, 6.45) is 0.754. The molecule has 6 nitrogen and oxygen atoms in total. The Hall–Kier alpha value is -2.11. The zero-order chi connectivity index (χ0) is 12.4. The van der Waals surface area contributed by atoms with Gasteiger partial charge in [0.15, 0.2) is 0 Å². The van der Waals surface area contributed by atoms with Crippen LogP contribution in [-0.2, 0) is 9.53 Å². The predicted molar refractivity (Wildman–Crippen MR) is 60.9 cm³/mol. The molecule has 0 bridgehead atoms. The molecule has 1 aliphatic heterocycles. The number of nitro benzene ring substituents is 1. The minimum atomic E-state index is -0.447. The van der Waals surface area contributed by atoms with Crippen molar-refractivity contribution in [1.29, 1.82) is 0 Å². The number of esters is 1. The van der Waals surface area contributed by atoms with Gasteiger partial charge in [-0.25, -0.2) is 4.79 Å². The molecule has 17 heavy (non-hydrogen) atoms. The molecule has 1 atom stereocenters. The molecule has 1 aromatic rings. The third kappa shape index (κ3) is 2.06. The standard InChI is InChI=1S/C11H12N2O4/c1-17-11(14)10-6-7-12(10)8-2-4-9(5-3-8)13(15)16/h2-5,10H,6-7H2,1H3. The van der Waals surface area contributed by atoms with E-state index in [1.807, 2.05) is 4.90 Å². The van der Waals surface area contributed by atoms with Crippen LogP contribution in [0.2, 0.25) is 0 Å². The molecule has 0 N–H and O–H groups in total. The smallest absolute Gasteiger partial charge is 0.328 e. The van der Waals surface area contributed by atoms with Crippen molar-refractivity contribution in [3.8, 4) is 0 Å². The van der Waals surface area contributed by atoms with Gasteiger partial charge in [0.1, 0.15) is 6.04 Å². The topological polar surface area (TPSA) is 72.7 Å². The molecule has 0 radical (unpaired) electrons. The number of non-ortho nitro benzene ring substituents is 1. The number of rotatable bonds is 3. The molecule has 90 valence electrons. The summed E-state index contributed by atoms with van der Waals surface area (Å²) in [6, 6.07) is 5.89. The van der Waals surface area contributed by atoms with Crippen LogP contribution >= 0.6 is 0 Å². The first-order chi connectivity index (χ1) is 8.13. The number of hydrogen-bond donors (Lipinski definition) is 0. The lowest BCUT2D eigenvalue weighted by Crippen LogP contribution is -2.53. The maximum absolute atomic E-state index is 11.4. The Morgan fingerprint density at radius 2 is 2.12 bits per heavy atom. The van der Waals surface area contributed by atoms with E-state index in [1.165, 1.54) is 19.2 Å². The molecular weight excluding hydrogens is 224 g/mol. The fraction of sp³-hybridized carbons (Fsp3) is 0.364. The van der Waals surface area contributed by atoms with Crippen molar-refractivity contribution in [3.05, 3.63) is 34.4 Å². The van der Waals surface area contributed by atoms with Crippen molar-refractivity contribution in [2.75, 3.05) is 18.6 Å². The molecule has 6 heteroatoms. The highest BCUT2D eigenvalue weighted by atomic mass is 16.6. The molecule has 1 fully saturated rings. The summed E-state index contributed by atoms with van der Waals surface area (Å²) in [5, 5.41) is 10.5. The maximum Gasteiger partial charge on any atom is 0.328 e. The molecule has 1 aliphatic rings.